The monoisotopic (exact) mass is 215 g/mol. The van der Waals surface area contributed by atoms with Crippen LogP contribution >= 0.6 is 0 Å². The zero-order valence-corrected chi connectivity index (χ0v) is 9.72. The van der Waals surface area contributed by atoms with Crippen LogP contribution in [0.25, 0.3) is 0 Å². The maximum absolute atomic E-state index is 11.4. The number of primary amides is 1. The highest BCUT2D eigenvalue weighted by Crippen LogP contribution is 2.12. The van der Waals surface area contributed by atoms with Crippen molar-refractivity contribution >= 4 is 11.9 Å². The first-order valence-corrected chi connectivity index (χ1v) is 5.15. The van der Waals surface area contributed by atoms with Crippen LogP contribution in [0.1, 0.15) is 33.6 Å². The Morgan fingerprint density at radius 1 is 1.07 bits per heavy atom. The van der Waals surface area contributed by atoms with E-state index in [0.717, 1.165) is 12.8 Å². The summed E-state index contributed by atoms with van der Waals surface area (Å²) >= 11 is 0. The Morgan fingerprint density at radius 3 is 1.93 bits per heavy atom. The second kappa shape index (κ2) is 6.27. The third-order valence-corrected chi connectivity index (χ3v) is 1.87. The Hall–Kier alpha value is -1.26. The number of nitrogens with one attached hydrogen (secondary N) is 2. The van der Waals surface area contributed by atoms with Crippen molar-refractivity contribution in [3.8, 4) is 0 Å². The van der Waals surface area contributed by atoms with Gasteiger partial charge in [0.1, 0.15) is 0 Å². The maximum atomic E-state index is 11.4. The van der Waals surface area contributed by atoms with Crippen molar-refractivity contribution in [1.29, 1.82) is 0 Å². The molecule has 0 aromatic carbocycles. The first kappa shape index (κ1) is 13.7. The molecule has 0 fully saturated rings. The van der Waals surface area contributed by atoms with E-state index in [-0.39, 0.29) is 11.3 Å². The van der Waals surface area contributed by atoms with E-state index in [1.165, 1.54) is 0 Å². The molecule has 4 N–H and O–H groups in total. The van der Waals surface area contributed by atoms with Gasteiger partial charge in [-0.25, -0.2) is 4.79 Å². The molecule has 0 radical (unpaired) electrons. The number of carbonyl (C=O) groups is 2. The molecule has 0 aromatic rings. The van der Waals surface area contributed by atoms with Crippen LogP contribution in [-0.4, -0.2) is 25.0 Å². The molecule has 0 rings (SSSR count). The lowest BCUT2D eigenvalue weighted by atomic mass is 9.96. The molecule has 15 heavy (non-hydrogen) atoms. The van der Waals surface area contributed by atoms with Crippen LogP contribution < -0.4 is 16.4 Å². The Kier molecular flexibility index (Phi) is 5.74. The average Bonchev–Trinajstić information content (AvgIpc) is 2.08. The number of unbranched alkanes of at least 4 members (excludes halogenated alkanes) is 1. The number of urea groups is 1. The minimum atomic E-state index is -0.506. The van der Waals surface area contributed by atoms with Crippen LogP contribution in [0.5, 0.6) is 0 Å². The second-order valence-corrected chi connectivity index (χ2v) is 4.50. The Bertz CT molecular complexity index is 221. The van der Waals surface area contributed by atoms with E-state index in [2.05, 4.69) is 10.6 Å². The van der Waals surface area contributed by atoms with Gasteiger partial charge in [-0.1, -0.05) is 20.8 Å². The van der Waals surface area contributed by atoms with E-state index in [9.17, 15) is 9.59 Å². The first-order valence-electron chi connectivity index (χ1n) is 5.15. The molecule has 0 saturated heterocycles. The number of hydrogen-bond acceptors (Lipinski definition) is 2. The molecule has 0 aromatic heterocycles. The number of rotatable bonds is 5. The lowest BCUT2D eigenvalue weighted by Gasteiger charge is -2.17. The van der Waals surface area contributed by atoms with E-state index in [4.69, 9.17) is 5.73 Å². The highest BCUT2D eigenvalue weighted by molar-refractivity contribution is 5.81. The van der Waals surface area contributed by atoms with Gasteiger partial charge in [0.05, 0.1) is 0 Å². The van der Waals surface area contributed by atoms with Crippen LogP contribution in [-0.2, 0) is 4.79 Å². The zero-order chi connectivity index (χ0) is 11.9. The van der Waals surface area contributed by atoms with E-state index in [0.29, 0.717) is 13.1 Å². The van der Waals surface area contributed by atoms with E-state index >= 15 is 0 Å². The third kappa shape index (κ3) is 7.78. The minimum Gasteiger partial charge on any atom is -0.356 e. The standard InChI is InChI=1S/C10H21N3O2/c1-10(2,3)8(14)12-6-4-5-7-13-9(11)15/h4-7H2,1-3H3,(H,12,14)(H3,11,13,15). The maximum Gasteiger partial charge on any atom is 0.312 e. The highest BCUT2D eigenvalue weighted by atomic mass is 16.2. The predicted molar refractivity (Wildman–Crippen MR) is 59.3 cm³/mol. The topological polar surface area (TPSA) is 84.2 Å². The summed E-state index contributed by atoms with van der Waals surface area (Å²) in [5, 5.41) is 5.32. The summed E-state index contributed by atoms with van der Waals surface area (Å²) in [6.45, 7) is 6.81. The van der Waals surface area contributed by atoms with Crippen molar-refractivity contribution in [1.82, 2.24) is 10.6 Å². The summed E-state index contributed by atoms with van der Waals surface area (Å²) in [4.78, 5) is 21.7. The van der Waals surface area contributed by atoms with Crippen LogP contribution in [0.3, 0.4) is 0 Å². The van der Waals surface area contributed by atoms with Gasteiger partial charge in [0.2, 0.25) is 5.91 Å². The summed E-state index contributed by atoms with van der Waals surface area (Å²) < 4.78 is 0. The lowest BCUT2D eigenvalue weighted by Crippen LogP contribution is -2.35. The zero-order valence-electron chi connectivity index (χ0n) is 9.72. The van der Waals surface area contributed by atoms with Gasteiger partial charge >= 0.3 is 6.03 Å². The number of amides is 3. The van der Waals surface area contributed by atoms with Crippen molar-refractivity contribution in [3.63, 3.8) is 0 Å². The van der Waals surface area contributed by atoms with E-state index in [1.54, 1.807) is 0 Å². The molecular formula is C10H21N3O2. The SMILES string of the molecule is CC(C)(C)C(=O)NCCCCNC(N)=O. The molecule has 5 heteroatoms. The average molecular weight is 215 g/mol. The molecule has 0 spiro atoms. The van der Waals surface area contributed by atoms with Gasteiger partial charge in [-0.15, -0.1) is 0 Å². The normalized spacial score (nSPS) is 10.9. The fourth-order valence-corrected chi connectivity index (χ4v) is 0.929. The second-order valence-electron chi connectivity index (χ2n) is 4.50. The van der Waals surface area contributed by atoms with Gasteiger partial charge in [-0.05, 0) is 12.8 Å². The van der Waals surface area contributed by atoms with Gasteiger partial charge in [0.15, 0.2) is 0 Å². The molecule has 3 amide bonds. The van der Waals surface area contributed by atoms with Crippen LogP contribution in [0.15, 0.2) is 0 Å². The molecule has 0 aliphatic rings. The Morgan fingerprint density at radius 2 is 1.53 bits per heavy atom. The molecular weight excluding hydrogens is 194 g/mol. The van der Waals surface area contributed by atoms with Gasteiger partial charge in [-0.2, -0.15) is 0 Å². The number of carbonyl (C=O) groups excluding carboxylic acids is 2. The molecule has 0 atom stereocenters. The summed E-state index contributed by atoms with van der Waals surface area (Å²) in [5.41, 5.74) is 4.55. The fraction of sp³-hybridized carbons (Fsp3) is 0.800. The number of hydrogen-bond donors (Lipinski definition) is 3. The summed E-state index contributed by atoms with van der Waals surface area (Å²) in [6, 6.07) is -0.506. The van der Waals surface area contributed by atoms with Crippen molar-refractivity contribution in [2.24, 2.45) is 11.1 Å². The number of nitrogens with two attached hydrogens (primary N) is 1. The Labute approximate surface area is 90.8 Å². The molecule has 0 aliphatic heterocycles. The van der Waals surface area contributed by atoms with Crippen LogP contribution in [0.2, 0.25) is 0 Å². The van der Waals surface area contributed by atoms with Crippen LogP contribution in [0, 0.1) is 5.41 Å². The van der Waals surface area contributed by atoms with Crippen molar-refractivity contribution in [3.05, 3.63) is 0 Å². The largest absolute Gasteiger partial charge is 0.356 e. The molecule has 0 aliphatic carbocycles. The predicted octanol–water partition coefficient (Wildman–Crippen LogP) is 0.597. The molecule has 5 nitrogen and oxygen atoms in total. The molecule has 0 bridgehead atoms. The van der Waals surface area contributed by atoms with Crippen molar-refractivity contribution in [2.75, 3.05) is 13.1 Å². The third-order valence-electron chi connectivity index (χ3n) is 1.87. The van der Waals surface area contributed by atoms with Crippen molar-refractivity contribution < 1.29 is 9.59 Å². The first-order chi connectivity index (χ1) is 6.84. The van der Waals surface area contributed by atoms with Crippen LogP contribution in [0.4, 0.5) is 4.79 Å². The van der Waals surface area contributed by atoms with E-state index in [1.807, 2.05) is 20.8 Å². The lowest BCUT2D eigenvalue weighted by molar-refractivity contribution is -0.128. The highest BCUT2D eigenvalue weighted by Gasteiger charge is 2.19. The molecule has 0 unspecified atom stereocenters. The Balaban J connectivity index is 3.40. The van der Waals surface area contributed by atoms with Gasteiger partial charge in [0, 0.05) is 18.5 Å². The minimum absolute atomic E-state index is 0.0466. The summed E-state index contributed by atoms with van der Waals surface area (Å²) in [5.74, 6) is 0.0466. The van der Waals surface area contributed by atoms with Gasteiger partial charge in [-0.3, -0.25) is 4.79 Å². The fourth-order valence-electron chi connectivity index (χ4n) is 0.929. The quantitative estimate of drug-likeness (QED) is 0.587. The van der Waals surface area contributed by atoms with Gasteiger partial charge in [0.25, 0.3) is 0 Å². The van der Waals surface area contributed by atoms with Gasteiger partial charge < -0.3 is 16.4 Å². The van der Waals surface area contributed by atoms with E-state index < -0.39 is 6.03 Å². The molecule has 0 saturated carbocycles. The smallest absolute Gasteiger partial charge is 0.312 e. The summed E-state index contributed by atoms with van der Waals surface area (Å²) in [6.07, 6.45) is 1.65. The summed E-state index contributed by atoms with van der Waals surface area (Å²) in [7, 11) is 0. The van der Waals surface area contributed by atoms with Crippen molar-refractivity contribution in [2.45, 2.75) is 33.6 Å². The molecule has 0 heterocycles. The molecule has 88 valence electrons.